The van der Waals surface area contributed by atoms with Crippen LogP contribution in [0.25, 0.3) is 0 Å². The summed E-state index contributed by atoms with van der Waals surface area (Å²) in [6.45, 7) is 0. The minimum absolute atomic E-state index is 0.298. The van der Waals surface area contributed by atoms with E-state index in [4.69, 9.17) is 0 Å². The zero-order valence-electron chi connectivity index (χ0n) is 10.2. The van der Waals surface area contributed by atoms with E-state index in [0.717, 1.165) is 0 Å². The summed E-state index contributed by atoms with van der Waals surface area (Å²) in [5, 5.41) is 0. The van der Waals surface area contributed by atoms with Gasteiger partial charge in [-0.15, -0.1) is 0 Å². The molecule has 1 aliphatic rings. The van der Waals surface area contributed by atoms with Crippen molar-refractivity contribution in [3.05, 3.63) is 65.5 Å². The van der Waals surface area contributed by atoms with Crippen LogP contribution < -0.4 is 0 Å². The third-order valence-electron chi connectivity index (χ3n) is 3.40. The first-order valence-corrected chi connectivity index (χ1v) is 7.28. The van der Waals surface area contributed by atoms with Crippen molar-refractivity contribution in [2.75, 3.05) is 7.05 Å². The first kappa shape index (κ1) is 12.3. The number of fused-ring (bicyclic) bond motifs is 1. The third kappa shape index (κ3) is 1.77. The van der Waals surface area contributed by atoms with E-state index >= 15 is 0 Å². The van der Waals surface area contributed by atoms with Crippen molar-refractivity contribution >= 4 is 10.0 Å². The van der Waals surface area contributed by atoms with Gasteiger partial charge in [-0.1, -0.05) is 30.3 Å². The Kier molecular flexibility index (Phi) is 2.69. The molecular weight excluding hydrogens is 265 g/mol. The summed E-state index contributed by atoms with van der Waals surface area (Å²) >= 11 is 0. The highest BCUT2D eigenvalue weighted by Crippen LogP contribution is 2.41. The molecule has 0 spiro atoms. The molecule has 3 nitrogen and oxygen atoms in total. The molecule has 0 radical (unpaired) electrons. The van der Waals surface area contributed by atoms with Crippen molar-refractivity contribution in [3.63, 3.8) is 0 Å². The number of sulfonamides is 1. The Morgan fingerprint density at radius 1 is 1.11 bits per heavy atom. The smallest absolute Gasteiger partial charge is 0.207 e. The average molecular weight is 277 g/mol. The van der Waals surface area contributed by atoms with Crippen LogP contribution in [0.3, 0.4) is 0 Å². The van der Waals surface area contributed by atoms with Crippen molar-refractivity contribution in [1.82, 2.24) is 4.31 Å². The largest absolute Gasteiger partial charge is 0.244 e. The average Bonchev–Trinajstić information content (AvgIpc) is 2.58. The molecule has 1 atom stereocenters. The molecule has 98 valence electrons. The Morgan fingerprint density at radius 3 is 2.58 bits per heavy atom. The van der Waals surface area contributed by atoms with E-state index in [9.17, 15) is 12.8 Å². The van der Waals surface area contributed by atoms with Gasteiger partial charge in [0.15, 0.2) is 0 Å². The van der Waals surface area contributed by atoms with Crippen LogP contribution in [0.2, 0.25) is 0 Å². The predicted molar refractivity (Wildman–Crippen MR) is 69.6 cm³/mol. The summed E-state index contributed by atoms with van der Waals surface area (Å²) in [7, 11) is -1.96. The van der Waals surface area contributed by atoms with Gasteiger partial charge in [-0.05, 0) is 29.3 Å². The van der Waals surface area contributed by atoms with Crippen LogP contribution in [0.4, 0.5) is 4.39 Å². The molecule has 5 heteroatoms. The quantitative estimate of drug-likeness (QED) is 0.803. The van der Waals surface area contributed by atoms with E-state index < -0.39 is 16.1 Å². The molecule has 0 aromatic heterocycles. The molecule has 0 bridgehead atoms. The summed E-state index contributed by atoms with van der Waals surface area (Å²) in [5.74, 6) is -0.368. The highest BCUT2D eigenvalue weighted by atomic mass is 32.2. The van der Waals surface area contributed by atoms with Crippen LogP contribution in [0, 0.1) is 5.82 Å². The minimum Gasteiger partial charge on any atom is -0.207 e. The van der Waals surface area contributed by atoms with Crippen molar-refractivity contribution in [2.24, 2.45) is 0 Å². The second kappa shape index (κ2) is 4.15. The van der Waals surface area contributed by atoms with Gasteiger partial charge < -0.3 is 0 Å². The number of halogens is 1. The topological polar surface area (TPSA) is 37.4 Å². The van der Waals surface area contributed by atoms with Gasteiger partial charge in [-0.3, -0.25) is 0 Å². The lowest BCUT2D eigenvalue weighted by atomic mass is 9.99. The van der Waals surface area contributed by atoms with Crippen LogP contribution in [0.5, 0.6) is 0 Å². The summed E-state index contributed by atoms with van der Waals surface area (Å²) in [5.41, 5.74) is 1.33. The van der Waals surface area contributed by atoms with E-state index in [1.165, 1.54) is 23.5 Å². The van der Waals surface area contributed by atoms with E-state index in [2.05, 4.69) is 0 Å². The molecule has 0 saturated carbocycles. The molecule has 19 heavy (non-hydrogen) atoms. The Labute approximate surface area is 111 Å². The third-order valence-corrected chi connectivity index (χ3v) is 5.30. The Balaban J connectivity index is 2.24. The SMILES string of the molecule is CN1C(c2cccc(F)c2)c2ccccc2S1(=O)=O. The molecular formula is C14H12FNO2S. The first-order chi connectivity index (χ1) is 9.01. The zero-order valence-corrected chi connectivity index (χ0v) is 11.1. The lowest BCUT2D eigenvalue weighted by molar-refractivity contribution is 0.438. The molecule has 3 rings (SSSR count). The minimum atomic E-state index is -3.48. The second-order valence-corrected chi connectivity index (χ2v) is 6.48. The molecule has 0 fully saturated rings. The zero-order chi connectivity index (χ0) is 13.6. The van der Waals surface area contributed by atoms with Crippen LogP contribution in [-0.4, -0.2) is 19.8 Å². The highest BCUT2D eigenvalue weighted by Gasteiger charge is 2.40. The van der Waals surface area contributed by atoms with Crippen molar-refractivity contribution < 1.29 is 12.8 Å². The van der Waals surface area contributed by atoms with Crippen LogP contribution in [0.15, 0.2) is 53.4 Å². The van der Waals surface area contributed by atoms with Gasteiger partial charge in [0.05, 0.1) is 10.9 Å². The lowest BCUT2D eigenvalue weighted by Gasteiger charge is -2.19. The molecule has 1 aliphatic heterocycles. The molecule has 0 aliphatic carbocycles. The molecule has 0 N–H and O–H groups in total. The van der Waals surface area contributed by atoms with Gasteiger partial charge in [0.1, 0.15) is 5.82 Å². The van der Waals surface area contributed by atoms with E-state index in [1.807, 2.05) is 0 Å². The van der Waals surface area contributed by atoms with Crippen LogP contribution >= 0.6 is 0 Å². The molecule has 2 aromatic carbocycles. The number of nitrogens with zero attached hydrogens (tertiary/aromatic N) is 1. The van der Waals surface area contributed by atoms with Crippen LogP contribution in [0.1, 0.15) is 17.2 Å². The Bertz CT molecular complexity index is 743. The summed E-state index contributed by atoms with van der Waals surface area (Å²) in [6, 6.07) is 12.4. The maximum absolute atomic E-state index is 13.3. The maximum atomic E-state index is 13.3. The fourth-order valence-electron chi connectivity index (χ4n) is 2.50. The van der Waals surface area contributed by atoms with Crippen molar-refractivity contribution in [3.8, 4) is 0 Å². The number of benzene rings is 2. The summed E-state index contributed by atoms with van der Waals surface area (Å²) in [6.07, 6.45) is 0. The summed E-state index contributed by atoms with van der Waals surface area (Å²) in [4.78, 5) is 0.298. The highest BCUT2D eigenvalue weighted by molar-refractivity contribution is 7.89. The Hall–Kier alpha value is -1.72. The fourth-order valence-corrected chi connectivity index (χ4v) is 4.05. The van der Waals surface area contributed by atoms with E-state index in [1.54, 1.807) is 36.4 Å². The normalized spacial score (nSPS) is 21.3. The molecule has 1 unspecified atom stereocenters. The molecule has 2 aromatic rings. The second-order valence-electron chi connectivity index (χ2n) is 4.52. The molecule has 1 heterocycles. The first-order valence-electron chi connectivity index (χ1n) is 5.84. The van der Waals surface area contributed by atoms with E-state index in [-0.39, 0.29) is 5.82 Å². The maximum Gasteiger partial charge on any atom is 0.244 e. The number of rotatable bonds is 1. The summed E-state index contributed by atoms with van der Waals surface area (Å²) < 4.78 is 39.2. The van der Waals surface area contributed by atoms with Gasteiger partial charge in [0, 0.05) is 7.05 Å². The fraction of sp³-hybridized carbons (Fsp3) is 0.143. The van der Waals surface area contributed by atoms with Gasteiger partial charge in [-0.2, -0.15) is 4.31 Å². The van der Waals surface area contributed by atoms with Gasteiger partial charge in [-0.25, -0.2) is 12.8 Å². The van der Waals surface area contributed by atoms with Gasteiger partial charge >= 0.3 is 0 Å². The Morgan fingerprint density at radius 2 is 1.84 bits per heavy atom. The predicted octanol–water partition coefficient (Wildman–Crippen LogP) is 2.55. The number of hydrogen-bond acceptors (Lipinski definition) is 2. The van der Waals surface area contributed by atoms with E-state index in [0.29, 0.717) is 16.0 Å². The monoisotopic (exact) mass is 277 g/mol. The number of hydrogen-bond donors (Lipinski definition) is 0. The van der Waals surface area contributed by atoms with Gasteiger partial charge in [0.25, 0.3) is 0 Å². The van der Waals surface area contributed by atoms with Crippen LogP contribution in [-0.2, 0) is 10.0 Å². The standard InChI is InChI=1S/C14H12FNO2S/c1-16-14(10-5-4-6-11(15)9-10)12-7-2-3-8-13(12)19(16,17)18/h2-9,14H,1H3. The lowest BCUT2D eigenvalue weighted by Crippen LogP contribution is -2.24. The molecule has 0 amide bonds. The van der Waals surface area contributed by atoms with Gasteiger partial charge in [0.2, 0.25) is 10.0 Å². The van der Waals surface area contributed by atoms with Crippen molar-refractivity contribution in [1.29, 1.82) is 0 Å². The van der Waals surface area contributed by atoms with Crippen molar-refractivity contribution in [2.45, 2.75) is 10.9 Å². The molecule has 0 saturated heterocycles.